The Morgan fingerprint density at radius 1 is 1.00 bits per heavy atom. The molecule has 0 spiro atoms. The van der Waals surface area contributed by atoms with Crippen molar-refractivity contribution < 1.29 is 24.4 Å². The molecular weight excluding hydrogens is 470 g/mol. The summed E-state index contributed by atoms with van der Waals surface area (Å²) in [7, 11) is 0. The van der Waals surface area contributed by atoms with Gasteiger partial charge in [0.2, 0.25) is 5.00 Å². The van der Waals surface area contributed by atoms with Crippen molar-refractivity contribution in [3.8, 4) is 6.07 Å². The second-order valence-corrected chi connectivity index (χ2v) is 8.36. The van der Waals surface area contributed by atoms with Gasteiger partial charge < -0.3 is 29.3 Å². The standard InChI is InChI=1S/C24H31N5O5S/c1-18-16-20(29(6-10-32-12-8-30)7-11-33-14-15-34-13-9-31)4-5-22(18)27-28-24-21(17-25)19(2)23(26-3)35-24/h4-5,16,30-31H,6-15H2,1-2H3. The molecule has 0 fully saturated rings. The lowest BCUT2D eigenvalue weighted by atomic mass is 10.1. The van der Waals surface area contributed by atoms with Gasteiger partial charge in [0.15, 0.2) is 0 Å². The highest BCUT2D eigenvalue weighted by Gasteiger charge is 2.15. The van der Waals surface area contributed by atoms with Gasteiger partial charge in [-0.15, -0.1) is 21.6 Å². The lowest BCUT2D eigenvalue weighted by molar-refractivity contribution is 0.0347. The van der Waals surface area contributed by atoms with Crippen molar-refractivity contribution in [3.05, 3.63) is 46.3 Å². The first-order valence-corrected chi connectivity index (χ1v) is 12.0. The van der Waals surface area contributed by atoms with Crippen molar-refractivity contribution in [2.45, 2.75) is 13.8 Å². The topological polar surface area (TPSA) is 124 Å². The maximum atomic E-state index is 9.40. The minimum Gasteiger partial charge on any atom is -0.394 e. The van der Waals surface area contributed by atoms with Crippen LogP contribution in [0.15, 0.2) is 28.4 Å². The van der Waals surface area contributed by atoms with E-state index < -0.39 is 0 Å². The summed E-state index contributed by atoms with van der Waals surface area (Å²) in [6.07, 6.45) is 0. The number of thiophene rings is 1. The number of hydrogen-bond acceptors (Lipinski definition) is 10. The van der Waals surface area contributed by atoms with Crippen LogP contribution in [-0.4, -0.2) is 76.2 Å². The minimum atomic E-state index is -0.0234. The first-order chi connectivity index (χ1) is 17.0. The van der Waals surface area contributed by atoms with Crippen molar-refractivity contribution in [2.24, 2.45) is 10.2 Å². The molecule has 0 aliphatic rings. The Hall–Kier alpha value is -2.90. The van der Waals surface area contributed by atoms with Crippen LogP contribution >= 0.6 is 11.3 Å². The number of aliphatic hydroxyl groups excluding tert-OH is 2. The highest BCUT2D eigenvalue weighted by molar-refractivity contribution is 7.20. The van der Waals surface area contributed by atoms with Crippen molar-refractivity contribution in [1.29, 1.82) is 5.26 Å². The van der Waals surface area contributed by atoms with Gasteiger partial charge in [-0.1, -0.05) is 0 Å². The Morgan fingerprint density at radius 2 is 1.63 bits per heavy atom. The quantitative estimate of drug-likeness (QED) is 0.202. The highest BCUT2D eigenvalue weighted by Crippen LogP contribution is 2.41. The molecule has 1 heterocycles. The Bertz CT molecular complexity index is 1040. The molecule has 0 saturated carbocycles. The van der Waals surface area contributed by atoms with Crippen LogP contribution < -0.4 is 4.90 Å². The maximum Gasteiger partial charge on any atom is 0.247 e. The lowest BCUT2D eigenvalue weighted by Gasteiger charge is -2.25. The van der Waals surface area contributed by atoms with E-state index in [0.717, 1.165) is 22.6 Å². The van der Waals surface area contributed by atoms with Gasteiger partial charge in [0.1, 0.15) is 11.1 Å². The van der Waals surface area contributed by atoms with Gasteiger partial charge in [0, 0.05) is 18.8 Å². The molecule has 10 nitrogen and oxygen atoms in total. The molecule has 35 heavy (non-hydrogen) atoms. The number of nitrogens with zero attached hydrogens (tertiary/aromatic N) is 5. The summed E-state index contributed by atoms with van der Waals surface area (Å²) in [6.45, 7) is 14.5. The monoisotopic (exact) mass is 501 g/mol. The van der Waals surface area contributed by atoms with E-state index >= 15 is 0 Å². The number of benzene rings is 1. The number of rotatable bonds is 16. The fourth-order valence-electron chi connectivity index (χ4n) is 3.12. The Morgan fingerprint density at radius 3 is 2.20 bits per heavy atom. The van der Waals surface area contributed by atoms with Crippen LogP contribution in [0.2, 0.25) is 0 Å². The van der Waals surface area contributed by atoms with Gasteiger partial charge >= 0.3 is 0 Å². The van der Waals surface area contributed by atoms with Crippen LogP contribution in [0, 0.1) is 31.8 Å². The van der Waals surface area contributed by atoms with Crippen LogP contribution in [0.5, 0.6) is 0 Å². The molecule has 1 aromatic heterocycles. The zero-order chi connectivity index (χ0) is 25.5. The number of aryl methyl sites for hydroxylation is 1. The predicted octanol–water partition coefficient (Wildman–Crippen LogP) is 4.04. The molecule has 188 valence electrons. The Kier molecular flexibility index (Phi) is 12.9. The van der Waals surface area contributed by atoms with Gasteiger partial charge in [0.25, 0.3) is 0 Å². The third-order valence-corrected chi connectivity index (χ3v) is 6.03. The first kappa shape index (κ1) is 28.3. The molecule has 0 aliphatic carbocycles. The van der Waals surface area contributed by atoms with Crippen LogP contribution in [0.3, 0.4) is 0 Å². The fourth-order valence-corrected chi connectivity index (χ4v) is 3.98. The third kappa shape index (κ3) is 9.00. The van der Waals surface area contributed by atoms with Crippen molar-refractivity contribution >= 4 is 32.7 Å². The number of nitriles is 1. The normalized spacial score (nSPS) is 11.0. The first-order valence-electron chi connectivity index (χ1n) is 11.2. The van der Waals surface area contributed by atoms with Gasteiger partial charge in [0.05, 0.1) is 70.7 Å². The zero-order valence-electron chi connectivity index (χ0n) is 20.1. The largest absolute Gasteiger partial charge is 0.394 e. The summed E-state index contributed by atoms with van der Waals surface area (Å²) >= 11 is 1.16. The number of hydrogen-bond donors (Lipinski definition) is 2. The molecular formula is C24H31N5O5S. The summed E-state index contributed by atoms with van der Waals surface area (Å²) in [5.74, 6) is 0. The second-order valence-electron chi connectivity index (χ2n) is 7.38. The van der Waals surface area contributed by atoms with E-state index in [1.165, 1.54) is 0 Å². The van der Waals surface area contributed by atoms with Crippen molar-refractivity contribution in [2.75, 3.05) is 70.8 Å². The third-order valence-electron chi connectivity index (χ3n) is 4.96. The maximum absolute atomic E-state index is 9.40. The molecule has 0 unspecified atom stereocenters. The van der Waals surface area contributed by atoms with E-state index in [-0.39, 0.29) is 19.8 Å². The summed E-state index contributed by atoms with van der Waals surface area (Å²) < 4.78 is 16.3. The molecule has 0 saturated heterocycles. The summed E-state index contributed by atoms with van der Waals surface area (Å²) in [4.78, 5) is 5.57. The number of aliphatic hydroxyl groups is 2. The van der Waals surface area contributed by atoms with E-state index in [0.29, 0.717) is 72.9 Å². The van der Waals surface area contributed by atoms with Crippen LogP contribution in [0.4, 0.5) is 21.4 Å². The summed E-state index contributed by atoms with van der Waals surface area (Å²) in [5.41, 5.74) is 3.56. The van der Waals surface area contributed by atoms with Crippen LogP contribution in [0.25, 0.3) is 4.85 Å². The van der Waals surface area contributed by atoms with E-state index in [1.54, 1.807) is 6.92 Å². The number of azo groups is 1. The lowest BCUT2D eigenvalue weighted by Crippen LogP contribution is -2.31. The van der Waals surface area contributed by atoms with Crippen LogP contribution in [0.1, 0.15) is 16.7 Å². The average molecular weight is 502 g/mol. The molecule has 2 rings (SSSR count). The van der Waals surface area contributed by atoms with E-state index in [2.05, 4.69) is 26.0 Å². The molecule has 0 radical (unpaired) electrons. The molecule has 0 atom stereocenters. The van der Waals surface area contributed by atoms with Gasteiger partial charge in [-0.05, 0) is 43.2 Å². The molecule has 11 heteroatoms. The molecule has 1 aromatic carbocycles. The van der Waals surface area contributed by atoms with Crippen molar-refractivity contribution in [1.82, 2.24) is 0 Å². The fraction of sp³-hybridized carbons (Fsp3) is 0.500. The molecule has 2 aromatic rings. The second kappa shape index (κ2) is 15.9. The van der Waals surface area contributed by atoms with E-state index in [9.17, 15) is 5.26 Å². The van der Waals surface area contributed by atoms with Crippen LogP contribution in [-0.2, 0) is 14.2 Å². The minimum absolute atomic E-state index is 0.00892. The molecule has 0 aliphatic heterocycles. The molecule has 2 N–H and O–H groups in total. The SMILES string of the molecule is [C-]#[N+]c1sc(N=Nc2ccc(N(CCOCCO)CCOCCOCCO)cc2C)c(C#N)c1C. The highest BCUT2D eigenvalue weighted by atomic mass is 32.1. The van der Waals surface area contributed by atoms with Gasteiger partial charge in [-0.2, -0.15) is 5.26 Å². The van der Waals surface area contributed by atoms with Gasteiger partial charge in [-0.25, -0.2) is 4.85 Å². The Labute approximate surface area is 209 Å². The summed E-state index contributed by atoms with van der Waals surface area (Å²) in [5, 5.41) is 36.5. The number of ether oxygens (including phenoxy) is 3. The van der Waals surface area contributed by atoms with E-state index in [1.807, 2.05) is 25.1 Å². The molecule has 0 bridgehead atoms. The summed E-state index contributed by atoms with van der Waals surface area (Å²) in [6, 6.07) is 7.91. The Balaban J connectivity index is 2.08. The molecule has 0 amide bonds. The average Bonchev–Trinajstić information content (AvgIpc) is 3.18. The zero-order valence-corrected chi connectivity index (χ0v) is 20.9. The smallest absolute Gasteiger partial charge is 0.247 e. The van der Waals surface area contributed by atoms with Gasteiger partial charge in [-0.3, -0.25) is 0 Å². The number of anilines is 1. The van der Waals surface area contributed by atoms with Crippen molar-refractivity contribution in [3.63, 3.8) is 0 Å². The predicted molar refractivity (Wildman–Crippen MR) is 134 cm³/mol. The van der Waals surface area contributed by atoms with E-state index in [4.69, 9.17) is 31.0 Å².